The first-order valence-electron chi connectivity index (χ1n) is 11.0. The molecule has 4 rings (SSSR count). The van der Waals surface area contributed by atoms with Crippen molar-refractivity contribution in [3.8, 4) is 11.5 Å². The summed E-state index contributed by atoms with van der Waals surface area (Å²) in [6.07, 6.45) is 0.668. The zero-order valence-electron chi connectivity index (χ0n) is 18.8. The highest BCUT2D eigenvalue weighted by atomic mass is 35.5. The molecule has 0 saturated heterocycles. The van der Waals surface area contributed by atoms with Gasteiger partial charge in [-0.1, -0.05) is 17.7 Å². The van der Waals surface area contributed by atoms with E-state index in [-0.39, 0.29) is 40.3 Å². The molecule has 0 fully saturated rings. The molecule has 1 aliphatic heterocycles. The minimum absolute atomic E-state index is 0.0145. The number of fused-ring (bicyclic) bond motifs is 2. The van der Waals surface area contributed by atoms with Crippen molar-refractivity contribution in [3.05, 3.63) is 68.5 Å². The van der Waals surface area contributed by atoms with Gasteiger partial charge in [0.1, 0.15) is 5.58 Å². The Morgan fingerprint density at radius 1 is 1.18 bits per heavy atom. The summed E-state index contributed by atoms with van der Waals surface area (Å²) in [4.78, 5) is 28.5. The lowest BCUT2D eigenvalue weighted by molar-refractivity contribution is 0.0593. The highest BCUT2D eigenvalue weighted by molar-refractivity contribution is 6.31. The number of phenols is 1. The third kappa shape index (κ3) is 4.43. The van der Waals surface area contributed by atoms with Crippen LogP contribution in [0.2, 0.25) is 5.02 Å². The second kappa shape index (κ2) is 9.45. The van der Waals surface area contributed by atoms with Crippen molar-refractivity contribution in [2.24, 2.45) is 0 Å². The first-order chi connectivity index (χ1) is 15.8. The van der Waals surface area contributed by atoms with Crippen molar-refractivity contribution >= 4 is 28.5 Å². The molecule has 174 valence electrons. The number of hydrogen-bond donors (Lipinski definition) is 1. The minimum atomic E-state index is -0.689. The molecule has 0 aliphatic carbocycles. The molecule has 1 amide bonds. The molecular weight excluding hydrogens is 446 g/mol. The highest BCUT2D eigenvalue weighted by Crippen LogP contribution is 2.41. The maximum absolute atomic E-state index is 13.5. The van der Waals surface area contributed by atoms with Gasteiger partial charge in [0.15, 0.2) is 16.9 Å². The van der Waals surface area contributed by atoms with Crippen LogP contribution in [0.15, 0.2) is 45.6 Å². The van der Waals surface area contributed by atoms with Gasteiger partial charge in [-0.2, -0.15) is 0 Å². The molecule has 1 aromatic heterocycles. The monoisotopic (exact) mass is 471 g/mol. The molecule has 8 heteroatoms. The quantitative estimate of drug-likeness (QED) is 0.469. The first-order valence-corrected chi connectivity index (χ1v) is 11.3. The van der Waals surface area contributed by atoms with E-state index >= 15 is 0 Å². The Hall–Kier alpha value is -3.03. The topological polar surface area (TPSA) is 89.2 Å². The largest absolute Gasteiger partial charge is 0.504 e. The van der Waals surface area contributed by atoms with Crippen LogP contribution in [0.25, 0.3) is 11.0 Å². The highest BCUT2D eigenvalue weighted by Gasteiger charge is 2.42. The van der Waals surface area contributed by atoms with Crippen LogP contribution < -0.4 is 10.2 Å². The van der Waals surface area contributed by atoms with E-state index in [1.807, 2.05) is 20.8 Å². The molecule has 0 spiro atoms. The van der Waals surface area contributed by atoms with E-state index in [0.717, 1.165) is 0 Å². The summed E-state index contributed by atoms with van der Waals surface area (Å²) in [5, 5.41) is 10.9. The smallest absolute Gasteiger partial charge is 0.290 e. The third-order valence-electron chi connectivity index (χ3n) is 5.52. The lowest BCUT2D eigenvalue weighted by Gasteiger charge is -2.25. The predicted octanol–water partition coefficient (Wildman–Crippen LogP) is 4.91. The van der Waals surface area contributed by atoms with E-state index in [4.69, 9.17) is 25.5 Å². The average molecular weight is 472 g/mol. The van der Waals surface area contributed by atoms with Crippen molar-refractivity contribution in [1.82, 2.24) is 4.90 Å². The summed E-state index contributed by atoms with van der Waals surface area (Å²) in [5.41, 5.74) is 0.898. The number of ether oxygens (including phenoxy) is 2. The maximum atomic E-state index is 13.5. The van der Waals surface area contributed by atoms with Crippen LogP contribution in [0.3, 0.4) is 0 Å². The summed E-state index contributed by atoms with van der Waals surface area (Å²) in [7, 11) is 0. The van der Waals surface area contributed by atoms with E-state index < -0.39 is 6.04 Å². The number of amides is 1. The standard InChI is InChI=1S/C25H26ClNO6/c1-4-31-20-12-15(6-8-18(20)28)22-21-23(29)17-13-16(26)7-9-19(17)33-24(21)25(30)27(22)10-5-11-32-14(2)3/h6-9,12-14,22,28H,4-5,10-11H2,1-3H3. The summed E-state index contributed by atoms with van der Waals surface area (Å²) in [6, 6.07) is 8.91. The first kappa shape index (κ1) is 23.1. The maximum Gasteiger partial charge on any atom is 0.290 e. The van der Waals surface area contributed by atoms with Crippen LogP contribution in [0.4, 0.5) is 0 Å². The zero-order valence-corrected chi connectivity index (χ0v) is 19.5. The fraction of sp³-hybridized carbons (Fsp3) is 0.360. The lowest BCUT2D eigenvalue weighted by atomic mass is 9.98. The Morgan fingerprint density at radius 3 is 2.70 bits per heavy atom. The van der Waals surface area contributed by atoms with E-state index in [0.29, 0.717) is 47.7 Å². The van der Waals surface area contributed by atoms with Crippen LogP contribution >= 0.6 is 11.6 Å². The van der Waals surface area contributed by atoms with Crippen LogP contribution in [0.1, 0.15) is 54.9 Å². The van der Waals surface area contributed by atoms with Gasteiger partial charge in [-0.05, 0) is 63.1 Å². The second-order valence-electron chi connectivity index (χ2n) is 8.15. The summed E-state index contributed by atoms with van der Waals surface area (Å²) < 4.78 is 17.1. The Labute approximate surface area is 196 Å². The zero-order chi connectivity index (χ0) is 23.7. The van der Waals surface area contributed by atoms with Crippen LogP contribution in [-0.4, -0.2) is 41.8 Å². The Kier molecular flexibility index (Phi) is 6.63. The molecule has 2 heterocycles. The van der Waals surface area contributed by atoms with E-state index in [2.05, 4.69) is 0 Å². The van der Waals surface area contributed by atoms with Crippen molar-refractivity contribution in [3.63, 3.8) is 0 Å². The van der Waals surface area contributed by atoms with E-state index in [9.17, 15) is 14.7 Å². The number of aromatic hydroxyl groups is 1. The molecule has 33 heavy (non-hydrogen) atoms. The summed E-state index contributed by atoms with van der Waals surface area (Å²) >= 11 is 6.12. The van der Waals surface area contributed by atoms with Crippen molar-refractivity contribution in [1.29, 1.82) is 0 Å². The second-order valence-corrected chi connectivity index (χ2v) is 8.59. The molecule has 2 aromatic carbocycles. The number of benzene rings is 2. The molecule has 1 atom stereocenters. The van der Waals surface area contributed by atoms with Gasteiger partial charge in [0.05, 0.1) is 29.7 Å². The predicted molar refractivity (Wildman–Crippen MR) is 125 cm³/mol. The molecule has 0 radical (unpaired) electrons. The minimum Gasteiger partial charge on any atom is -0.504 e. The third-order valence-corrected chi connectivity index (χ3v) is 5.76. The van der Waals surface area contributed by atoms with Crippen LogP contribution in [0.5, 0.6) is 11.5 Å². The number of nitrogens with zero attached hydrogens (tertiary/aromatic N) is 1. The fourth-order valence-corrected chi connectivity index (χ4v) is 4.27. The number of carbonyl (C=O) groups is 1. The van der Waals surface area contributed by atoms with Crippen molar-refractivity contribution in [2.45, 2.75) is 39.3 Å². The molecular formula is C25H26ClNO6. The number of phenolic OH excluding ortho intramolecular Hbond substituents is 1. The molecule has 1 aliphatic rings. The van der Waals surface area contributed by atoms with Gasteiger partial charge >= 0.3 is 0 Å². The Morgan fingerprint density at radius 2 is 1.97 bits per heavy atom. The Bertz CT molecular complexity index is 1250. The van der Waals surface area contributed by atoms with Crippen molar-refractivity contribution in [2.75, 3.05) is 19.8 Å². The molecule has 0 bridgehead atoms. The summed E-state index contributed by atoms with van der Waals surface area (Å²) in [6.45, 7) is 6.91. The van der Waals surface area contributed by atoms with Gasteiger partial charge in [-0.15, -0.1) is 0 Å². The number of rotatable bonds is 8. The number of hydrogen-bond acceptors (Lipinski definition) is 6. The Balaban J connectivity index is 1.84. The molecule has 7 nitrogen and oxygen atoms in total. The van der Waals surface area contributed by atoms with Gasteiger partial charge in [-0.25, -0.2) is 0 Å². The van der Waals surface area contributed by atoms with Gasteiger partial charge < -0.3 is 23.9 Å². The average Bonchev–Trinajstić information content (AvgIpc) is 3.05. The van der Waals surface area contributed by atoms with Crippen LogP contribution in [-0.2, 0) is 4.74 Å². The fourth-order valence-electron chi connectivity index (χ4n) is 4.10. The lowest BCUT2D eigenvalue weighted by Crippen LogP contribution is -2.31. The molecule has 0 saturated carbocycles. The van der Waals surface area contributed by atoms with Crippen molar-refractivity contribution < 1.29 is 23.8 Å². The molecule has 3 aromatic rings. The molecule has 1 N–H and O–H groups in total. The van der Waals surface area contributed by atoms with E-state index in [1.54, 1.807) is 35.2 Å². The normalized spacial score (nSPS) is 15.5. The number of carbonyl (C=O) groups excluding carboxylic acids is 1. The molecule has 1 unspecified atom stereocenters. The van der Waals surface area contributed by atoms with Gasteiger partial charge in [0.25, 0.3) is 5.91 Å². The SMILES string of the molecule is CCOc1cc(C2c3c(oc4ccc(Cl)cc4c3=O)C(=O)N2CCCOC(C)C)ccc1O. The summed E-state index contributed by atoms with van der Waals surface area (Å²) in [5.74, 6) is -0.0678. The van der Waals surface area contributed by atoms with Gasteiger partial charge in [0.2, 0.25) is 5.76 Å². The van der Waals surface area contributed by atoms with Crippen LogP contribution in [0, 0.1) is 0 Å². The van der Waals surface area contributed by atoms with Gasteiger partial charge in [0, 0.05) is 18.2 Å². The number of halogens is 1. The van der Waals surface area contributed by atoms with Gasteiger partial charge in [-0.3, -0.25) is 9.59 Å². The van der Waals surface area contributed by atoms with E-state index in [1.165, 1.54) is 6.07 Å².